The fourth-order valence-electron chi connectivity index (χ4n) is 1.70. The molecule has 2 rings (SSSR count). The van der Waals surface area contributed by atoms with Crippen molar-refractivity contribution in [2.75, 3.05) is 12.8 Å². The smallest absolute Gasteiger partial charge is 0.151 e. The van der Waals surface area contributed by atoms with Crippen LogP contribution in [-0.4, -0.2) is 22.3 Å². The van der Waals surface area contributed by atoms with Crippen LogP contribution in [0.5, 0.6) is 5.75 Å². The molecule has 0 aliphatic rings. The van der Waals surface area contributed by atoms with E-state index < -0.39 is 0 Å². The predicted octanol–water partition coefficient (Wildman–Crippen LogP) is 1.49. The molecule has 17 heavy (non-hydrogen) atoms. The molecule has 0 radical (unpaired) electrons. The van der Waals surface area contributed by atoms with Gasteiger partial charge in [-0.1, -0.05) is 6.07 Å². The first-order chi connectivity index (χ1) is 8.19. The predicted molar refractivity (Wildman–Crippen MR) is 65.9 cm³/mol. The number of nitrogen functional groups attached to an aromatic ring is 1. The first kappa shape index (κ1) is 11.4. The maximum Gasteiger partial charge on any atom is 0.151 e. The number of H-pyrrole nitrogens is 1. The molecule has 0 saturated heterocycles. The lowest BCUT2D eigenvalue weighted by molar-refractivity contribution is 0.417. The number of methoxy groups -OCH3 is 1. The second-order valence-corrected chi connectivity index (χ2v) is 3.91. The quantitative estimate of drug-likeness (QED) is 0.783. The molecule has 90 valence electrons. The van der Waals surface area contributed by atoms with Crippen molar-refractivity contribution in [2.45, 2.75) is 19.8 Å². The summed E-state index contributed by atoms with van der Waals surface area (Å²) in [4.78, 5) is 4.26. The molecular weight excluding hydrogens is 216 g/mol. The van der Waals surface area contributed by atoms with Crippen LogP contribution in [0.15, 0.2) is 18.2 Å². The highest BCUT2D eigenvalue weighted by molar-refractivity contribution is 5.54. The fraction of sp³-hybridized carbons (Fsp3) is 0.333. The minimum Gasteiger partial charge on any atom is -0.495 e. The van der Waals surface area contributed by atoms with E-state index in [-0.39, 0.29) is 0 Å². The van der Waals surface area contributed by atoms with Crippen LogP contribution in [0, 0.1) is 6.92 Å². The lowest BCUT2D eigenvalue weighted by Gasteiger charge is -2.06. The summed E-state index contributed by atoms with van der Waals surface area (Å²) >= 11 is 0. The Balaban J connectivity index is 2.02. The number of nitrogens with zero attached hydrogens (tertiary/aromatic N) is 2. The second kappa shape index (κ2) is 4.86. The van der Waals surface area contributed by atoms with E-state index in [9.17, 15) is 0 Å². The lowest BCUT2D eigenvalue weighted by atomic mass is 10.1. The van der Waals surface area contributed by atoms with Crippen molar-refractivity contribution in [3.63, 3.8) is 0 Å². The molecule has 0 spiro atoms. The van der Waals surface area contributed by atoms with E-state index >= 15 is 0 Å². The maximum absolute atomic E-state index is 5.84. The molecule has 0 amide bonds. The van der Waals surface area contributed by atoms with Crippen LogP contribution in [0.25, 0.3) is 0 Å². The molecule has 0 bridgehead atoms. The van der Waals surface area contributed by atoms with Gasteiger partial charge in [-0.3, -0.25) is 5.10 Å². The van der Waals surface area contributed by atoms with Gasteiger partial charge >= 0.3 is 0 Å². The average Bonchev–Trinajstić information content (AvgIpc) is 2.73. The van der Waals surface area contributed by atoms with Crippen molar-refractivity contribution in [1.29, 1.82) is 0 Å². The van der Waals surface area contributed by atoms with E-state index in [0.717, 1.165) is 30.1 Å². The maximum atomic E-state index is 5.84. The number of nitrogens with one attached hydrogen (secondary N) is 1. The van der Waals surface area contributed by atoms with Crippen molar-refractivity contribution >= 4 is 5.69 Å². The first-order valence-electron chi connectivity index (χ1n) is 5.49. The number of nitrogens with two attached hydrogens (primary N) is 1. The van der Waals surface area contributed by atoms with Gasteiger partial charge in [0.15, 0.2) is 5.82 Å². The van der Waals surface area contributed by atoms with Gasteiger partial charge in [-0.05, 0) is 31.0 Å². The molecule has 0 unspecified atom stereocenters. The first-order valence-corrected chi connectivity index (χ1v) is 5.49. The molecule has 0 saturated carbocycles. The topological polar surface area (TPSA) is 76.8 Å². The highest BCUT2D eigenvalue weighted by Gasteiger charge is 2.03. The van der Waals surface area contributed by atoms with Gasteiger partial charge in [-0.25, -0.2) is 4.98 Å². The third kappa shape index (κ3) is 2.75. The molecule has 5 nitrogen and oxygen atoms in total. The SMILES string of the molecule is COc1ccc(CCc2n[nH]c(C)n2)cc1N. The Bertz CT molecular complexity index is 507. The van der Waals surface area contributed by atoms with Crippen LogP contribution in [0.2, 0.25) is 0 Å². The van der Waals surface area contributed by atoms with E-state index in [1.54, 1.807) is 7.11 Å². The summed E-state index contributed by atoms with van der Waals surface area (Å²) in [6.45, 7) is 1.89. The fourth-order valence-corrected chi connectivity index (χ4v) is 1.70. The Kier molecular flexibility index (Phi) is 3.27. The Morgan fingerprint density at radius 2 is 2.18 bits per heavy atom. The monoisotopic (exact) mass is 232 g/mol. The van der Waals surface area contributed by atoms with E-state index in [1.807, 2.05) is 25.1 Å². The molecular formula is C12H16N4O. The van der Waals surface area contributed by atoms with Gasteiger partial charge in [0.05, 0.1) is 12.8 Å². The molecule has 3 N–H and O–H groups in total. The van der Waals surface area contributed by atoms with Gasteiger partial charge in [0.25, 0.3) is 0 Å². The Morgan fingerprint density at radius 1 is 1.35 bits per heavy atom. The van der Waals surface area contributed by atoms with Crippen molar-refractivity contribution in [1.82, 2.24) is 15.2 Å². The van der Waals surface area contributed by atoms with Crippen molar-refractivity contribution < 1.29 is 4.74 Å². The summed E-state index contributed by atoms with van der Waals surface area (Å²) in [6, 6.07) is 5.82. The van der Waals surface area contributed by atoms with Crippen LogP contribution < -0.4 is 10.5 Å². The minimum absolute atomic E-state index is 0.663. The van der Waals surface area contributed by atoms with Crippen molar-refractivity contribution in [3.05, 3.63) is 35.4 Å². The molecule has 1 aromatic heterocycles. The Labute approximate surface area is 100 Å². The standard InChI is InChI=1S/C12H16N4O/c1-8-14-12(16-15-8)6-4-9-3-5-11(17-2)10(13)7-9/h3,5,7H,4,6,13H2,1-2H3,(H,14,15,16). The second-order valence-electron chi connectivity index (χ2n) is 3.91. The van der Waals surface area contributed by atoms with Crippen LogP contribution in [0.1, 0.15) is 17.2 Å². The van der Waals surface area contributed by atoms with Gasteiger partial charge in [0.2, 0.25) is 0 Å². The number of aryl methyl sites for hydroxylation is 3. The minimum atomic E-state index is 0.663. The summed E-state index contributed by atoms with van der Waals surface area (Å²) in [5.74, 6) is 2.38. The number of aromatic nitrogens is 3. The molecule has 0 fully saturated rings. The van der Waals surface area contributed by atoms with Crippen LogP contribution in [-0.2, 0) is 12.8 Å². The average molecular weight is 232 g/mol. The zero-order valence-electron chi connectivity index (χ0n) is 10.0. The summed E-state index contributed by atoms with van der Waals surface area (Å²) in [5.41, 5.74) is 7.66. The molecule has 5 heteroatoms. The largest absolute Gasteiger partial charge is 0.495 e. The van der Waals surface area contributed by atoms with Gasteiger partial charge in [0.1, 0.15) is 11.6 Å². The van der Waals surface area contributed by atoms with Gasteiger partial charge < -0.3 is 10.5 Å². The van der Waals surface area contributed by atoms with Crippen molar-refractivity contribution in [2.24, 2.45) is 0 Å². The van der Waals surface area contributed by atoms with Crippen LogP contribution >= 0.6 is 0 Å². The number of ether oxygens (including phenoxy) is 1. The number of rotatable bonds is 4. The normalized spacial score (nSPS) is 10.5. The zero-order chi connectivity index (χ0) is 12.3. The Hall–Kier alpha value is -2.04. The van der Waals surface area contributed by atoms with E-state index in [1.165, 1.54) is 0 Å². The number of hydrogen-bond donors (Lipinski definition) is 2. The highest BCUT2D eigenvalue weighted by Crippen LogP contribution is 2.22. The van der Waals surface area contributed by atoms with Gasteiger partial charge in [-0.2, -0.15) is 5.10 Å². The third-order valence-electron chi connectivity index (χ3n) is 2.57. The Morgan fingerprint density at radius 3 is 2.76 bits per heavy atom. The van der Waals surface area contributed by atoms with E-state index in [4.69, 9.17) is 10.5 Å². The summed E-state index contributed by atoms with van der Waals surface area (Å²) in [5, 5.41) is 6.92. The number of anilines is 1. The van der Waals surface area contributed by atoms with E-state index in [2.05, 4.69) is 15.2 Å². The van der Waals surface area contributed by atoms with E-state index in [0.29, 0.717) is 11.4 Å². The van der Waals surface area contributed by atoms with Crippen LogP contribution in [0.4, 0.5) is 5.69 Å². The molecule has 2 aromatic rings. The van der Waals surface area contributed by atoms with Crippen LogP contribution in [0.3, 0.4) is 0 Å². The van der Waals surface area contributed by atoms with Gasteiger partial charge in [0, 0.05) is 6.42 Å². The summed E-state index contributed by atoms with van der Waals surface area (Å²) < 4.78 is 5.11. The molecule has 0 atom stereocenters. The third-order valence-corrected chi connectivity index (χ3v) is 2.57. The molecule has 0 aliphatic heterocycles. The molecule has 0 aliphatic carbocycles. The number of benzene rings is 1. The number of hydrogen-bond acceptors (Lipinski definition) is 4. The number of aromatic amines is 1. The highest BCUT2D eigenvalue weighted by atomic mass is 16.5. The zero-order valence-corrected chi connectivity index (χ0v) is 10.0. The summed E-state index contributed by atoms with van der Waals surface area (Å²) in [6.07, 6.45) is 1.67. The van der Waals surface area contributed by atoms with Crippen molar-refractivity contribution in [3.8, 4) is 5.75 Å². The summed E-state index contributed by atoms with van der Waals surface area (Å²) in [7, 11) is 1.61. The molecule has 1 aromatic carbocycles. The van der Waals surface area contributed by atoms with Gasteiger partial charge in [-0.15, -0.1) is 0 Å². The lowest BCUT2D eigenvalue weighted by Crippen LogP contribution is -1.97. The molecule has 1 heterocycles.